The summed E-state index contributed by atoms with van der Waals surface area (Å²) in [4.78, 5) is 11.5. The second-order valence-electron chi connectivity index (χ2n) is 6.08. The number of nitrogens with zero attached hydrogens (tertiary/aromatic N) is 3. The summed E-state index contributed by atoms with van der Waals surface area (Å²) in [6.45, 7) is 3.19. The molecule has 5 heteroatoms. The molecule has 0 bridgehead atoms. The Morgan fingerprint density at radius 1 is 1.04 bits per heavy atom. The van der Waals surface area contributed by atoms with Crippen molar-refractivity contribution in [2.75, 3.05) is 25.4 Å². The van der Waals surface area contributed by atoms with E-state index in [-0.39, 0.29) is 6.10 Å². The minimum absolute atomic E-state index is 0.0392. The monoisotopic (exact) mass is 320 g/mol. The van der Waals surface area contributed by atoms with Crippen LogP contribution in [-0.2, 0) is 11.3 Å². The predicted molar refractivity (Wildman–Crippen MR) is 94.4 cm³/mol. The van der Waals surface area contributed by atoms with Crippen LogP contribution in [0.4, 0.5) is 5.82 Å². The van der Waals surface area contributed by atoms with E-state index in [0.717, 1.165) is 36.5 Å². The summed E-state index contributed by atoms with van der Waals surface area (Å²) in [6.07, 6.45) is -0.0392. The molecule has 1 atom stereocenters. The van der Waals surface area contributed by atoms with Gasteiger partial charge in [0.1, 0.15) is 11.9 Å². The van der Waals surface area contributed by atoms with Gasteiger partial charge in [-0.2, -0.15) is 0 Å². The summed E-state index contributed by atoms with van der Waals surface area (Å²) < 4.78 is 5.88. The molecule has 1 fully saturated rings. The highest BCUT2D eigenvalue weighted by Crippen LogP contribution is 2.22. The van der Waals surface area contributed by atoms with Crippen molar-refractivity contribution in [3.8, 4) is 0 Å². The number of fused-ring (bicyclic) bond motifs is 1. The molecule has 1 aromatic carbocycles. The summed E-state index contributed by atoms with van der Waals surface area (Å²) in [5, 5.41) is 1.17. The van der Waals surface area contributed by atoms with Gasteiger partial charge in [0.05, 0.1) is 23.5 Å². The van der Waals surface area contributed by atoms with Gasteiger partial charge in [0.25, 0.3) is 0 Å². The quantitative estimate of drug-likeness (QED) is 0.804. The summed E-state index contributed by atoms with van der Waals surface area (Å²) in [6, 6.07) is 18.1. The Kier molecular flexibility index (Phi) is 4.11. The van der Waals surface area contributed by atoms with E-state index in [1.54, 1.807) is 6.07 Å². The number of pyridine rings is 2. The Hall–Kier alpha value is -2.50. The third-order valence-corrected chi connectivity index (χ3v) is 4.31. The van der Waals surface area contributed by atoms with E-state index >= 15 is 0 Å². The molecule has 0 spiro atoms. The zero-order chi connectivity index (χ0) is 16.4. The Morgan fingerprint density at radius 3 is 2.88 bits per heavy atom. The van der Waals surface area contributed by atoms with Crippen molar-refractivity contribution in [3.63, 3.8) is 0 Å². The Morgan fingerprint density at radius 2 is 1.96 bits per heavy atom. The topological polar surface area (TPSA) is 64.3 Å². The first kappa shape index (κ1) is 15.1. The Bertz CT molecular complexity index is 851. The highest BCUT2D eigenvalue weighted by molar-refractivity contribution is 5.78. The lowest BCUT2D eigenvalue weighted by Crippen LogP contribution is -2.38. The van der Waals surface area contributed by atoms with Crippen LogP contribution >= 0.6 is 0 Å². The van der Waals surface area contributed by atoms with Gasteiger partial charge < -0.3 is 10.5 Å². The van der Waals surface area contributed by atoms with Crippen molar-refractivity contribution in [2.45, 2.75) is 12.6 Å². The van der Waals surface area contributed by atoms with Crippen LogP contribution in [0.25, 0.3) is 10.9 Å². The summed E-state index contributed by atoms with van der Waals surface area (Å²) in [5.41, 5.74) is 8.80. The highest BCUT2D eigenvalue weighted by atomic mass is 16.5. The zero-order valence-electron chi connectivity index (χ0n) is 13.4. The van der Waals surface area contributed by atoms with Crippen LogP contribution in [0.1, 0.15) is 17.5 Å². The van der Waals surface area contributed by atoms with Crippen LogP contribution in [0.15, 0.2) is 54.6 Å². The lowest BCUT2D eigenvalue weighted by Gasteiger charge is -2.32. The van der Waals surface area contributed by atoms with E-state index in [1.807, 2.05) is 24.3 Å². The molecule has 24 heavy (non-hydrogen) atoms. The fraction of sp³-hybridized carbons (Fsp3) is 0.263. The minimum Gasteiger partial charge on any atom is -0.384 e. The maximum Gasteiger partial charge on any atom is 0.123 e. The number of nitrogen functional groups attached to an aromatic ring is 1. The summed E-state index contributed by atoms with van der Waals surface area (Å²) >= 11 is 0. The number of para-hydroxylation sites is 1. The van der Waals surface area contributed by atoms with Gasteiger partial charge in [-0.15, -0.1) is 0 Å². The zero-order valence-corrected chi connectivity index (χ0v) is 13.4. The molecule has 0 aliphatic carbocycles. The second-order valence-corrected chi connectivity index (χ2v) is 6.08. The summed E-state index contributed by atoms with van der Waals surface area (Å²) in [7, 11) is 0. The highest BCUT2D eigenvalue weighted by Gasteiger charge is 2.23. The van der Waals surface area contributed by atoms with Crippen molar-refractivity contribution >= 4 is 16.7 Å². The maximum absolute atomic E-state index is 5.88. The second kappa shape index (κ2) is 6.55. The van der Waals surface area contributed by atoms with Crippen LogP contribution in [0, 0.1) is 0 Å². The number of ether oxygens (including phenoxy) is 1. The number of benzene rings is 1. The van der Waals surface area contributed by atoms with E-state index in [0.29, 0.717) is 12.4 Å². The van der Waals surface area contributed by atoms with Crippen LogP contribution in [-0.4, -0.2) is 34.6 Å². The first-order chi connectivity index (χ1) is 11.8. The average Bonchev–Trinajstić information content (AvgIpc) is 2.62. The smallest absolute Gasteiger partial charge is 0.123 e. The molecule has 1 aliphatic rings. The van der Waals surface area contributed by atoms with Gasteiger partial charge in [-0.3, -0.25) is 9.88 Å². The molecule has 3 aromatic rings. The SMILES string of the molecule is Nc1cccc([C@H]2CN(Cc3ccc4ccccc4n3)CCO2)n1. The Balaban J connectivity index is 1.49. The fourth-order valence-electron chi connectivity index (χ4n) is 3.10. The first-order valence-electron chi connectivity index (χ1n) is 8.19. The largest absolute Gasteiger partial charge is 0.384 e. The van der Waals surface area contributed by atoms with Gasteiger partial charge in [0.2, 0.25) is 0 Å². The fourth-order valence-corrected chi connectivity index (χ4v) is 3.10. The molecule has 0 radical (unpaired) electrons. The van der Waals surface area contributed by atoms with Gasteiger partial charge in [-0.1, -0.05) is 30.3 Å². The van der Waals surface area contributed by atoms with Crippen LogP contribution in [0.5, 0.6) is 0 Å². The van der Waals surface area contributed by atoms with Crippen LogP contribution in [0.2, 0.25) is 0 Å². The van der Waals surface area contributed by atoms with E-state index in [9.17, 15) is 0 Å². The number of aromatic nitrogens is 2. The molecule has 0 unspecified atom stereocenters. The molecule has 1 saturated heterocycles. The molecule has 2 N–H and O–H groups in total. The van der Waals surface area contributed by atoms with Crippen molar-refractivity contribution in [3.05, 3.63) is 66.0 Å². The average molecular weight is 320 g/mol. The summed E-state index contributed by atoms with van der Waals surface area (Å²) in [5.74, 6) is 0.532. The molecule has 4 rings (SSSR count). The number of anilines is 1. The molecule has 0 saturated carbocycles. The number of morpholine rings is 1. The number of rotatable bonds is 3. The van der Waals surface area contributed by atoms with Crippen LogP contribution < -0.4 is 5.73 Å². The van der Waals surface area contributed by atoms with E-state index < -0.39 is 0 Å². The van der Waals surface area contributed by atoms with Gasteiger partial charge in [-0.25, -0.2) is 4.98 Å². The normalized spacial score (nSPS) is 18.8. The Labute approximate surface area is 141 Å². The molecule has 122 valence electrons. The standard InChI is InChI=1S/C19H20N4O/c20-19-7-3-6-17(22-19)18-13-23(10-11-24-18)12-15-9-8-14-4-1-2-5-16(14)21-15/h1-9,18H,10-13H2,(H2,20,22)/t18-/m1/s1. The number of hydrogen-bond acceptors (Lipinski definition) is 5. The molecule has 0 amide bonds. The van der Waals surface area contributed by atoms with Crippen molar-refractivity contribution < 1.29 is 4.74 Å². The van der Waals surface area contributed by atoms with Gasteiger partial charge >= 0.3 is 0 Å². The molecule has 2 aromatic heterocycles. The van der Waals surface area contributed by atoms with Gasteiger partial charge in [0.15, 0.2) is 0 Å². The van der Waals surface area contributed by atoms with E-state index in [4.69, 9.17) is 15.5 Å². The third-order valence-electron chi connectivity index (χ3n) is 4.31. The molecular weight excluding hydrogens is 300 g/mol. The minimum atomic E-state index is -0.0392. The number of hydrogen-bond donors (Lipinski definition) is 1. The van der Waals surface area contributed by atoms with Crippen molar-refractivity contribution in [1.29, 1.82) is 0 Å². The lowest BCUT2D eigenvalue weighted by atomic mass is 10.1. The maximum atomic E-state index is 5.88. The van der Waals surface area contributed by atoms with Gasteiger partial charge in [0, 0.05) is 25.0 Å². The van der Waals surface area contributed by atoms with Crippen molar-refractivity contribution in [2.24, 2.45) is 0 Å². The number of nitrogens with two attached hydrogens (primary N) is 1. The predicted octanol–water partition coefficient (Wildman–Crippen LogP) is 2.79. The van der Waals surface area contributed by atoms with Crippen LogP contribution in [0.3, 0.4) is 0 Å². The molecule has 5 nitrogen and oxygen atoms in total. The third kappa shape index (κ3) is 3.22. The lowest BCUT2D eigenvalue weighted by molar-refractivity contribution is -0.0352. The molecule has 3 heterocycles. The van der Waals surface area contributed by atoms with Crippen molar-refractivity contribution in [1.82, 2.24) is 14.9 Å². The van der Waals surface area contributed by atoms with Gasteiger partial charge in [-0.05, 0) is 24.3 Å². The first-order valence-corrected chi connectivity index (χ1v) is 8.19. The molecule has 1 aliphatic heterocycles. The van der Waals surface area contributed by atoms with E-state index in [1.165, 1.54) is 5.39 Å². The molecular formula is C19H20N4O. The van der Waals surface area contributed by atoms with E-state index in [2.05, 4.69) is 34.1 Å².